The Bertz CT molecular complexity index is 1230. The van der Waals surface area contributed by atoms with Crippen molar-refractivity contribution in [1.82, 2.24) is 5.32 Å². The molecule has 9 nitrogen and oxygen atoms in total. The minimum atomic E-state index is -1.09. The van der Waals surface area contributed by atoms with E-state index in [1.54, 1.807) is 48.5 Å². The lowest BCUT2D eigenvalue weighted by molar-refractivity contribution is -0.123. The fraction of sp³-hybridized carbons (Fsp3) is 0.333. The van der Waals surface area contributed by atoms with Gasteiger partial charge in [0.15, 0.2) is 28.8 Å². The van der Waals surface area contributed by atoms with E-state index in [0.717, 1.165) is 25.7 Å². The Balaban J connectivity index is 1.67. The van der Waals surface area contributed by atoms with Gasteiger partial charge in [-0.05, 0) is 43.2 Å². The topological polar surface area (TPSA) is 99.5 Å². The number of rotatable bonds is 8. The molecular formula is C27H28N2O7. The summed E-state index contributed by atoms with van der Waals surface area (Å²) in [4.78, 5) is 29.3. The zero-order valence-electron chi connectivity index (χ0n) is 20.2. The summed E-state index contributed by atoms with van der Waals surface area (Å²) in [5.41, 5.74) is 0.919. The zero-order valence-corrected chi connectivity index (χ0v) is 20.2. The van der Waals surface area contributed by atoms with Crippen LogP contribution in [0.1, 0.15) is 47.8 Å². The van der Waals surface area contributed by atoms with Crippen molar-refractivity contribution in [2.45, 2.75) is 37.8 Å². The molecule has 5 rings (SSSR count). The number of hydrogen-bond acceptors (Lipinski definition) is 7. The molecule has 2 aromatic carbocycles. The molecule has 9 heteroatoms. The maximum atomic E-state index is 14.0. The number of furan rings is 1. The van der Waals surface area contributed by atoms with Gasteiger partial charge in [0.2, 0.25) is 12.7 Å². The van der Waals surface area contributed by atoms with Gasteiger partial charge in [-0.1, -0.05) is 25.0 Å². The van der Waals surface area contributed by atoms with Gasteiger partial charge in [-0.25, -0.2) is 0 Å². The van der Waals surface area contributed by atoms with Gasteiger partial charge in [0.05, 0.1) is 20.5 Å². The smallest absolute Gasteiger partial charge is 0.294 e. The highest BCUT2D eigenvalue weighted by molar-refractivity contribution is 6.09. The lowest BCUT2D eigenvalue weighted by Gasteiger charge is -2.32. The molecule has 0 radical (unpaired) electrons. The standard InChI is InChI=1S/C27H28N2O7/c1-32-21-10-5-9-19(25(21)33-2)24(26(30)28-17-7-3-4-8-17)29(27(31)22-11-6-14-34-22)18-12-13-20-23(15-18)36-16-35-20/h5-6,9-15,17,24H,3-4,7-8,16H2,1-2H3,(H,28,30)/t24-/m1/s1. The fourth-order valence-corrected chi connectivity index (χ4v) is 4.81. The predicted molar refractivity (Wildman–Crippen MR) is 131 cm³/mol. The summed E-state index contributed by atoms with van der Waals surface area (Å²) in [6.07, 6.45) is 5.31. The molecule has 0 unspecified atom stereocenters. The molecule has 1 aromatic heterocycles. The first-order valence-corrected chi connectivity index (χ1v) is 11.9. The minimum Gasteiger partial charge on any atom is -0.493 e. The number of para-hydroxylation sites is 1. The minimum absolute atomic E-state index is 0.0360. The van der Waals surface area contributed by atoms with E-state index >= 15 is 0 Å². The Kier molecular flexibility index (Phi) is 6.71. The van der Waals surface area contributed by atoms with Gasteiger partial charge in [0, 0.05) is 23.4 Å². The van der Waals surface area contributed by atoms with Crippen LogP contribution >= 0.6 is 0 Å². The van der Waals surface area contributed by atoms with Crippen molar-refractivity contribution in [2.24, 2.45) is 0 Å². The molecule has 1 aliphatic heterocycles. The normalized spacial score (nSPS) is 15.4. The number of anilines is 1. The van der Waals surface area contributed by atoms with Crippen LogP contribution in [0, 0.1) is 0 Å². The van der Waals surface area contributed by atoms with Crippen LogP contribution in [-0.2, 0) is 4.79 Å². The molecule has 1 N–H and O–H groups in total. The van der Waals surface area contributed by atoms with Crippen molar-refractivity contribution in [3.05, 3.63) is 66.1 Å². The maximum Gasteiger partial charge on any atom is 0.294 e. The van der Waals surface area contributed by atoms with Gasteiger partial charge >= 0.3 is 0 Å². The largest absolute Gasteiger partial charge is 0.493 e. The second kappa shape index (κ2) is 10.2. The fourth-order valence-electron chi connectivity index (χ4n) is 4.81. The highest BCUT2D eigenvalue weighted by Gasteiger charge is 2.38. The van der Waals surface area contributed by atoms with Crippen molar-refractivity contribution in [2.75, 3.05) is 25.9 Å². The molecule has 0 saturated heterocycles. The van der Waals surface area contributed by atoms with Gasteiger partial charge in [0.1, 0.15) is 6.04 Å². The van der Waals surface area contributed by atoms with Crippen LogP contribution in [-0.4, -0.2) is 38.9 Å². The van der Waals surface area contributed by atoms with E-state index in [9.17, 15) is 9.59 Å². The van der Waals surface area contributed by atoms with E-state index in [2.05, 4.69) is 5.32 Å². The Morgan fingerprint density at radius 1 is 1.00 bits per heavy atom. The van der Waals surface area contributed by atoms with Crippen LogP contribution in [0.15, 0.2) is 59.2 Å². The van der Waals surface area contributed by atoms with Gasteiger partial charge in [0.25, 0.3) is 5.91 Å². The SMILES string of the molecule is COc1cccc([C@H](C(=O)NC2CCCC2)N(C(=O)c2ccco2)c2ccc3c(c2)OCO3)c1OC. The molecule has 0 spiro atoms. The summed E-state index contributed by atoms with van der Waals surface area (Å²) in [6.45, 7) is 0.0836. The van der Waals surface area contributed by atoms with Crippen molar-refractivity contribution in [3.8, 4) is 23.0 Å². The van der Waals surface area contributed by atoms with Crippen molar-refractivity contribution in [3.63, 3.8) is 0 Å². The van der Waals surface area contributed by atoms with Crippen LogP contribution in [0.5, 0.6) is 23.0 Å². The average molecular weight is 493 g/mol. The summed E-state index contributed by atoms with van der Waals surface area (Å²) in [7, 11) is 3.03. The van der Waals surface area contributed by atoms with Crippen LogP contribution in [0.4, 0.5) is 5.69 Å². The van der Waals surface area contributed by atoms with Crippen molar-refractivity contribution < 1.29 is 33.0 Å². The molecule has 188 valence electrons. The first-order chi connectivity index (χ1) is 17.6. The lowest BCUT2D eigenvalue weighted by atomic mass is 10.00. The number of ether oxygens (including phenoxy) is 4. The number of methoxy groups -OCH3 is 2. The number of fused-ring (bicyclic) bond motifs is 1. The third-order valence-electron chi connectivity index (χ3n) is 6.52. The second-order valence-corrected chi connectivity index (χ2v) is 8.67. The number of carbonyl (C=O) groups excluding carboxylic acids is 2. The highest BCUT2D eigenvalue weighted by atomic mass is 16.7. The molecule has 36 heavy (non-hydrogen) atoms. The van der Waals surface area contributed by atoms with Crippen LogP contribution in [0.2, 0.25) is 0 Å². The van der Waals surface area contributed by atoms with Gasteiger partial charge in [-0.15, -0.1) is 0 Å². The van der Waals surface area contributed by atoms with Crippen molar-refractivity contribution >= 4 is 17.5 Å². The van der Waals surface area contributed by atoms with Gasteiger partial charge in [-0.2, -0.15) is 0 Å². The Morgan fingerprint density at radius 2 is 1.81 bits per heavy atom. The molecule has 1 aliphatic carbocycles. The number of carbonyl (C=O) groups is 2. The number of benzene rings is 2. The predicted octanol–water partition coefficient (Wildman–Crippen LogP) is 4.47. The van der Waals surface area contributed by atoms with Crippen molar-refractivity contribution in [1.29, 1.82) is 0 Å². The molecule has 3 aromatic rings. The number of nitrogens with zero attached hydrogens (tertiary/aromatic N) is 1. The average Bonchev–Trinajstić information content (AvgIpc) is 3.68. The van der Waals surface area contributed by atoms with Crippen LogP contribution in [0.25, 0.3) is 0 Å². The quantitative estimate of drug-likeness (QED) is 0.495. The van der Waals surface area contributed by atoms with E-state index in [1.807, 2.05) is 0 Å². The summed E-state index contributed by atoms with van der Waals surface area (Å²) in [5.74, 6) is 1.14. The number of hydrogen-bond donors (Lipinski definition) is 1. The molecular weight excluding hydrogens is 464 g/mol. The van der Waals surface area contributed by atoms with E-state index in [-0.39, 0.29) is 24.5 Å². The Hall–Kier alpha value is -4.14. The summed E-state index contributed by atoms with van der Waals surface area (Å²) < 4.78 is 27.7. The first-order valence-electron chi connectivity index (χ1n) is 11.9. The number of amides is 2. The summed E-state index contributed by atoms with van der Waals surface area (Å²) in [6, 6.07) is 12.5. The molecule has 2 aliphatic rings. The van der Waals surface area contributed by atoms with Gasteiger partial charge in [-0.3, -0.25) is 14.5 Å². The van der Waals surface area contributed by atoms with E-state index in [1.165, 1.54) is 25.4 Å². The Morgan fingerprint density at radius 3 is 2.53 bits per heavy atom. The summed E-state index contributed by atoms with van der Waals surface area (Å²) in [5, 5.41) is 3.15. The third-order valence-corrected chi connectivity index (χ3v) is 6.52. The number of nitrogens with one attached hydrogen (secondary N) is 1. The highest BCUT2D eigenvalue weighted by Crippen LogP contribution is 2.42. The van der Waals surface area contributed by atoms with E-state index in [0.29, 0.717) is 34.2 Å². The molecule has 1 saturated carbocycles. The lowest BCUT2D eigenvalue weighted by Crippen LogP contribution is -2.46. The zero-order chi connectivity index (χ0) is 25.1. The monoisotopic (exact) mass is 492 g/mol. The van der Waals surface area contributed by atoms with Crippen LogP contribution < -0.4 is 29.2 Å². The molecule has 2 heterocycles. The van der Waals surface area contributed by atoms with E-state index in [4.69, 9.17) is 23.4 Å². The second-order valence-electron chi connectivity index (χ2n) is 8.67. The molecule has 0 bridgehead atoms. The van der Waals surface area contributed by atoms with Gasteiger partial charge < -0.3 is 28.7 Å². The molecule has 1 fully saturated rings. The molecule has 2 amide bonds. The van der Waals surface area contributed by atoms with Crippen LogP contribution in [0.3, 0.4) is 0 Å². The Labute approximate surface area is 208 Å². The maximum absolute atomic E-state index is 14.0. The van der Waals surface area contributed by atoms with E-state index < -0.39 is 11.9 Å². The third kappa shape index (κ3) is 4.44. The first kappa shape index (κ1) is 23.6. The summed E-state index contributed by atoms with van der Waals surface area (Å²) >= 11 is 0. The molecule has 1 atom stereocenters.